The first-order valence-corrected chi connectivity index (χ1v) is 11.5. The Hall–Kier alpha value is -2.05. The Morgan fingerprint density at radius 3 is 2.37 bits per heavy atom. The second-order valence-electron chi connectivity index (χ2n) is 7.19. The Morgan fingerprint density at radius 1 is 1.10 bits per heavy atom. The van der Waals surface area contributed by atoms with Gasteiger partial charge >= 0.3 is 0 Å². The Labute approximate surface area is 187 Å². The van der Waals surface area contributed by atoms with Gasteiger partial charge in [0.1, 0.15) is 11.9 Å². The molecule has 0 aliphatic rings. The largest absolute Gasteiger partial charge is 0.352 e. The van der Waals surface area contributed by atoms with E-state index in [2.05, 4.69) is 5.32 Å². The average Bonchev–Trinajstić information content (AvgIpc) is 2.73. The SMILES string of the molecule is CC[C@H](C)NC(=O)[C@@H](C)N(Cc1ccccc1Cl)C(=O)CSCc1ccccc1F. The predicted molar refractivity (Wildman–Crippen MR) is 122 cm³/mol. The van der Waals surface area contributed by atoms with Crippen LogP contribution in [0, 0.1) is 5.82 Å². The van der Waals surface area contributed by atoms with Gasteiger partial charge in [-0.25, -0.2) is 4.39 Å². The maximum atomic E-state index is 13.8. The number of carbonyl (C=O) groups excluding carboxylic acids is 2. The number of rotatable bonds is 10. The number of hydrogen-bond acceptors (Lipinski definition) is 3. The van der Waals surface area contributed by atoms with Gasteiger partial charge in [-0.05, 0) is 43.5 Å². The second kappa shape index (κ2) is 12.0. The molecule has 0 unspecified atom stereocenters. The standard InChI is InChI=1S/C23H28ClFN2O2S/c1-4-16(2)26-23(29)17(3)27(13-18-9-5-7-11-20(18)24)22(28)15-30-14-19-10-6-8-12-21(19)25/h5-12,16-17H,4,13-15H2,1-3H3,(H,26,29)/t16-,17+/m0/s1. The molecule has 0 aliphatic heterocycles. The van der Waals surface area contributed by atoms with E-state index in [1.165, 1.54) is 22.7 Å². The molecule has 0 saturated heterocycles. The van der Waals surface area contributed by atoms with Gasteiger partial charge < -0.3 is 10.2 Å². The quantitative estimate of drug-likeness (QED) is 0.551. The van der Waals surface area contributed by atoms with Crippen LogP contribution in [0.1, 0.15) is 38.3 Å². The minimum atomic E-state index is -0.656. The van der Waals surface area contributed by atoms with Crippen molar-refractivity contribution in [3.63, 3.8) is 0 Å². The lowest BCUT2D eigenvalue weighted by Crippen LogP contribution is -2.50. The molecule has 2 rings (SSSR count). The van der Waals surface area contributed by atoms with E-state index in [1.807, 2.05) is 32.0 Å². The van der Waals surface area contributed by atoms with Crippen LogP contribution in [-0.2, 0) is 21.9 Å². The van der Waals surface area contributed by atoms with Gasteiger partial charge in [0.25, 0.3) is 0 Å². The van der Waals surface area contributed by atoms with Gasteiger partial charge in [0.15, 0.2) is 0 Å². The van der Waals surface area contributed by atoms with Gasteiger partial charge in [-0.15, -0.1) is 11.8 Å². The number of halogens is 2. The molecule has 0 aromatic heterocycles. The molecule has 0 spiro atoms. The van der Waals surface area contributed by atoms with Crippen LogP contribution in [-0.4, -0.2) is 34.6 Å². The maximum absolute atomic E-state index is 13.8. The van der Waals surface area contributed by atoms with Gasteiger partial charge in [-0.2, -0.15) is 0 Å². The normalized spacial score (nSPS) is 12.8. The third-order valence-corrected chi connectivity index (χ3v) is 6.24. The van der Waals surface area contributed by atoms with Crippen LogP contribution in [0.3, 0.4) is 0 Å². The van der Waals surface area contributed by atoms with Crippen molar-refractivity contribution < 1.29 is 14.0 Å². The monoisotopic (exact) mass is 450 g/mol. The minimum Gasteiger partial charge on any atom is -0.352 e. The van der Waals surface area contributed by atoms with E-state index in [0.29, 0.717) is 16.3 Å². The van der Waals surface area contributed by atoms with Crippen molar-refractivity contribution >= 4 is 35.2 Å². The highest BCUT2D eigenvalue weighted by Crippen LogP contribution is 2.21. The van der Waals surface area contributed by atoms with E-state index < -0.39 is 6.04 Å². The van der Waals surface area contributed by atoms with Crippen LogP contribution in [0.5, 0.6) is 0 Å². The van der Waals surface area contributed by atoms with E-state index in [9.17, 15) is 14.0 Å². The van der Waals surface area contributed by atoms with Crippen LogP contribution < -0.4 is 5.32 Å². The summed E-state index contributed by atoms with van der Waals surface area (Å²) in [6.07, 6.45) is 0.801. The summed E-state index contributed by atoms with van der Waals surface area (Å²) in [6.45, 7) is 5.86. The van der Waals surface area contributed by atoms with E-state index in [1.54, 1.807) is 31.2 Å². The number of hydrogen-bond donors (Lipinski definition) is 1. The third kappa shape index (κ3) is 7.03. The van der Waals surface area contributed by atoms with Crippen molar-refractivity contribution in [1.82, 2.24) is 10.2 Å². The highest BCUT2D eigenvalue weighted by Gasteiger charge is 2.27. The Morgan fingerprint density at radius 2 is 1.73 bits per heavy atom. The second-order valence-corrected chi connectivity index (χ2v) is 8.58. The molecule has 162 valence electrons. The highest BCUT2D eigenvalue weighted by atomic mass is 35.5. The van der Waals surface area contributed by atoms with Crippen molar-refractivity contribution in [2.45, 2.75) is 51.6 Å². The molecule has 4 nitrogen and oxygen atoms in total. The molecule has 1 N–H and O–H groups in total. The summed E-state index contributed by atoms with van der Waals surface area (Å²) in [4.78, 5) is 27.2. The van der Waals surface area contributed by atoms with E-state index in [0.717, 1.165) is 12.0 Å². The van der Waals surface area contributed by atoms with Gasteiger partial charge in [-0.3, -0.25) is 9.59 Å². The minimum absolute atomic E-state index is 0.0210. The molecule has 0 bridgehead atoms. The van der Waals surface area contributed by atoms with Gasteiger partial charge in [0, 0.05) is 23.4 Å². The zero-order chi connectivity index (χ0) is 22.1. The molecule has 7 heteroatoms. The topological polar surface area (TPSA) is 49.4 Å². The lowest BCUT2D eigenvalue weighted by molar-refractivity contribution is -0.138. The molecule has 2 amide bonds. The van der Waals surface area contributed by atoms with Crippen LogP contribution in [0.15, 0.2) is 48.5 Å². The summed E-state index contributed by atoms with van der Waals surface area (Å²) < 4.78 is 13.8. The number of nitrogens with one attached hydrogen (secondary N) is 1. The molecule has 0 aliphatic carbocycles. The van der Waals surface area contributed by atoms with Crippen molar-refractivity contribution in [3.05, 3.63) is 70.5 Å². The molecule has 0 fully saturated rings. The Kier molecular flexibility index (Phi) is 9.66. The molecular formula is C23H28ClFN2O2S. The number of benzene rings is 2. The first kappa shape index (κ1) is 24.2. The van der Waals surface area contributed by atoms with Gasteiger partial charge in [-0.1, -0.05) is 54.9 Å². The smallest absolute Gasteiger partial charge is 0.242 e. The zero-order valence-electron chi connectivity index (χ0n) is 17.5. The van der Waals surface area contributed by atoms with Crippen LogP contribution in [0.4, 0.5) is 4.39 Å². The van der Waals surface area contributed by atoms with Gasteiger partial charge in [0.2, 0.25) is 11.8 Å². The fourth-order valence-electron chi connectivity index (χ4n) is 2.80. The van der Waals surface area contributed by atoms with Crippen LogP contribution in [0.25, 0.3) is 0 Å². The average molecular weight is 451 g/mol. The highest BCUT2D eigenvalue weighted by molar-refractivity contribution is 7.99. The fraction of sp³-hybridized carbons (Fsp3) is 0.391. The van der Waals surface area contributed by atoms with Gasteiger partial charge in [0.05, 0.1) is 5.75 Å². The van der Waals surface area contributed by atoms with Crippen molar-refractivity contribution in [2.24, 2.45) is 0 Å². The summed E-state index contributed by atoms with van der Waals surface area (Å²) in [7, 11) is 0. The molecule has 30 heavy (non-hydrogen) atoms. The Balaban J connectivity index is 2.10. The predicted octanol–water partition coefficient (Wildman–Crippen LogP) is 5.04. The molecule has 0 radical (unpaired) electrons. The fourth-order valence-corrected chi connectivity index (χ4v) is 3.90. The first-order chi connectivity index (χ1) is 14.3. The van der Waals surface area contributed by atoms with E-state index in [-0.39, 0.29) is 36.0 Å². The van der Waals surface area contributed by atoms with Crippen LogP contribution in [0.2, 0.25) is 5.02 Å². The number of nitrogens with zero attached hydrogens (tertiary/aromatic N) is 1. The summed E-state index contributed by atoms with van der Waals surface area (Å²) in [5, 5.41) is 3.48. The molecule has 2 atom stereocenters. The van der Waals surface area contributed by atoms with Crippen molar-refractivity contribution in [1.29, 1.82) is 0 Å². The molecule has 2 aromatic carbocycles. The molecular weight excluding hydrogens is 423 g/mol. The summed E-state index contributed by atoms with van der Waals surface area (Å²) >= 11 is 7.60. The lowest BCUT2D eigenvalue weighted by Gasteiger charge is -2.30. The van der Waals surface area contributed by atoms with Crippen LogP contribution >= 0.6 is 23.4 Å². The third-order valence-electron chi connectivity index (χ3n) is 4.91. The van der Waals surface area contributed by atoms with E-state index in [4.69, 9.17) is 11.6 Å². The summed E-state index contributed by atoms with van der Waals surface area (Å²) in [5.74, 6) is -0.162. The zero-order valence-corrected chi connectivity index (χ0v) is 19.1. The van der Waals surface area contributed by atoms with E-state index >= 15 is 0 Å². The summed E-state index contributed by atoms with van der Waals surface area (Å²) in [6, 6.07) is 13.2. The molecule has 0 saturated carbocycles. The number of carbonyl (C=O) groups is 2. The number of thioether (sulfide) groups is 1. The molecule has 0 heterocycles. The number of amides is 2. The van der Waals surface area contributed by atoms with Crippen molar-refractivity contribution in [2.75, 3.05) is 5.75 Å². The molecule has 2 aromatic rings. The first-order valence-electron chi connectivity index (χ1n) is 9.97. The summed E-state index contributed by atoms with van der Waals surface area (Å²) in [5.41, 5.74) is 1.32. The Bertz CT molecular complexity index is 865. The maximum Gasteiger partial charge on any atom is 0.242 e. The van der Waals surface area contributed by atoms with Crippen molar-refractivity contribution in [3.8, 4) is 0 Å². The lowest BCUT2D eigenvalue weighted by atomic mass is 10.1.